The maximum atomic E-state index is 12.6. The molecule has 0 radical (unpaired) electrons. The summed E-state index contributed by atoms with van der Waals surface area (Å²) >= 11 is 0. The number of nitrogens with two attached hydrogens (primary N) is 1. The molecule has 1 heterocycles. The van der Waals surface area contributed by atoms with Gasteiger partial charge in [-0.15, -0.1) is 0 Å². The molecule has 1 saturated carbocycles. The molecule has 118 valence electrons. The van der Waals surface area contributed by atoms with E-state index in [4.69, 9.17) is 5.73 Å². The van der Waals surface area contributed by atoms with Gasteiger partial charge in [-0.3, -0.25) is 9.69 Å². The van der Waals surface area contributed by atoms with E-state index < -0.39 is 5.54 Å². The molecule has 1 amide bonds. The zero-order valence-corrected chi connectivity index (χ0v) is 13.3. The number of likely N-dealkylation sites (N-methyl/N-ethyl adjacent to an activating group) is 1. The van der Waals surface area contributed by atoms with E-state index in [1.807, 2.05) is 0 Å². The second-order valence-electron chi connectivity index (χ2n) is 6.82. The highest BCUT2D eigenvalue weighted by Gasteiger charge is 2.39. The van der Waals surface area contributed by atoms with E-state index in [9.17, 15) is 10.1 Å². The van der Waals surface area contributed by atoms with Gasteiger partial charge < -0.3 is 10.6 Å². The first kappa shape index (κ1) is 16.3. The van der Waals surface area contributed by atoms with Crippen molar-refractivity contribution in [3.8, 4) is 6.07 Å². The molecule has 2 aliphatic rings. The normalized spacial score (nSPS) is 29.6. The van der Waals surface area contributed by atoms with Gasteiger partial charge in [0.05, 0.1) is 12.6 Å². The van der Waals surface area contributed by atoms with Crippen molar-refractivity contribution >= 4 is 5.91 Å². The molecular weight excluding hydrogens is 264 g/mol. The van der Waals surface area contributed by atoms with Crippen LogP contribution in [0.4, 0.5) is 0 Å². The molecule has 1 aliphatic heterocycles. The van der Waals surface area contributed by atoms with Crippen LogP contribution in [-0.2, 0) is 4.79 Å². The molecule has 2 rings (SSSR count). The van der Waals surface area contributed by atoms with Gasteiger partial charge in [-0.1, -0.05) is 26.2 Å². The predicted octanol–water partition coefficient (Wildman–Crippen LogP) is 1.34. The van der Waals surface area contributed by atoms with E-state index >= 15 is 0 Å². The Labute approximate surface area is 128 Å². The molecule has 0 spiro atoms. The number of carbonyl (C=O) groups is 1. The lowest BCUT2D eigenvalue weighted by Gasteiger charge is -2.41. The first-order valence-electron chi connectivity index (χ1n) is 8.14. The summed E-state index contributed by atoms with van der Waals surface area (Å²) in [5.41, 5.74) is 5.45. The van der Waals surface area contributed by atoms with Gasteiger partial charge in [0, 0.05) is 26.2 Å². The predicted molar refractivity (Wildman–Crippen MR) is 82.4 cm³/mol. The summed E-state index contributed by atoms with van der Waals surface area (Å²) in [6, 6.07) is 2.67. The van der Waals surface area contributed by atoms with Crippen LogP contribution in [0.1, 0.15) is 45.4 Å². The van der Waals surface area contributed by atoms with Gasteiger partial charge in [-0.2, -0.15) is 5.26 Å². The van der Waals surface area contributed by atoms with E-state index in [1.54, 1.807) is 11.9 Å². The molecule has 2 N–H and O–H groups in total. The third-order valence-corrected chi connectivity index (χ3v) is 5.32. The molecule has 1 saturated heterocycles. The number of hydrogen-bond acceptors (Lipinski definition) is 4. The van der Waals surface area contributed by atoms with Crippen molar-refractivity contribution < 1.29 is 4.79 Å². The number of piperidine rings is 1. The summed E-state index contributed by atoms with van der Waals surface area (Å²) in [5.74, 6) is 0.498. The van der Waals surface area contributed by atoms with Crippen LogP contribution >= 0.6 is 0 Å². The summed E-state index contributed by atoms with van der Waals surface area (Å²) in [6.45, 7) is 4.31. The number of nitriles is 1. The smallest absolute Gasteiger partial charge is 0.237 e. The standard InChI is InChI=1S/C16H28N4O/c1-13-10-20(9-6-14(13)18)11-15(21)19(2)16(12-17)7-4-3-5-8-16/h13-14H,3-11,18H2,1-2H3. The molecular formula is C16H28N4O. The fourth-order valence-corrected chi connectivity index (χ4v) is 3.59. The number of amides is 1. The first-order chi connectivity index (χ1) is 9.98. The number of nitrogens with zero attached hydrogens (tertiary/aromatic N) is 3. The highest BCUT2D eigenvalue weighted by atomic mass is 16.2. The van der Waals surface area contributed by atoms with Crippen molar-refractivity contribution in [2.75, 3.05) is 26.7 Å². The molecule has 1 aliphatic carbocycles. The Bertz CT molecular complexity index is 411. The van der Waals surface area contributed by atoms with Crippen LogP contribution in [0.2, 0.25) is 0 Å². The van der Waals surface area contributed by atoms with Gasteiger partial charge in [-0.05, 0) is 25.2 Å². The van der Waals surface area contributed by atoms with Crippen molar-refractivity contribution in [1.82, 2.24) is 9.80 Å². The minimum absolute atomic E-state index is 0.0705. The summed E-state index contributed by atoms with van der Waals surface area (Å²) in [5, 5.41) is 9.57. The van der Waals surface area contributed by atoms with Gasteiger partial charge in [0.1, 0.15) is 5.54 Å². The first-order valence-corrected chi connectivity index (χ1v) is 8.14. The van der Waals surface area contributed by atoms with Crippen molar-refractivity contribution in [3.05, 3.63) is 0 Å². The van der Waals surface area contributed by atoms with Crippen molar-refractivity contribution in [1.29, 1.82) is 5.26 Å². The highest BCUT2D eigenvalue weighted by molar-refractivity contribution is 5.79. The zero-order valence-electron chi connectivity index (χ0n) is 13.3. The zero-order chi connectivity index (χ0) is 15.5. The quantitative estimate of drug-likeness (QED) is 0.852. The Morgan fingerprint density at radius 3 is 2.67 bits per heavy atom. The fraction of sp³-hybridized carbons (Fsp3) is 0.875. The Morgan fingerprint density at radius 1 is 1.43 bits per heavy atom. The molecule has 5 nitrogen and oxygen atoms in total. The Kier molecular flexibility index (Phi) is 5.23. The highest BCUT2D eigenvalue weighted by Crippen LogP contribution is 2.32. The monoisotopic (exact) mass is 292 g/mol. The van der Waals surface area contributed by atoms with Crippen molar-refractivity contribution in [3.63, 3.8) is 0 Å². The second-order valence-corrected chi connectivity index (χ2v) is 6.82. The molecule has 21 heavy (non-hydrogen) atoms. The molecule has 0 aromatic carbocycles. The lowest BCUT2D eigenvalue weighted by molar-refractivity contribution is -0.136. The van der Waals surface area contributed by atoms with Gasteiger partial charge in [0.15, 0.2) is 0 Å². The van der Waals surface area contributed by atoms with Crippen LogP contribution in [0, 0.1) is 17.2 Å². The van der Waals surface area contributed by atoms with Gasteiger partial charge in [-0.25, -0.2) is 0 Å². The SMILES string of the molecule is CC1CN(CC(=O)N(C)C2(C#N)CCCCC2)CCC1N. The maximum Gasteiger partial charge on any atom is 0.237 e. The molecule has 2 fully saturated rings. The molecule has 0 aromatic heterocycles. The third kappa shape index (κ3) is 3.56. The van der Waals surface area contributed by atoms with Crippen molar-refractivity contribution in [2.24, 2.45) is 11.7 Å². The minimum Gasteiger partial charge on any atom is -0.327 e. The second kappa shape index (κ2) is 6.76. The van der Waals surface area contributed by atoms with Crippen LogP contribution in [0.3, 0.4) is 0 Å². The molecule has 2 unspecified atom stereocenters. The van der Waals surface area contributed by atoms with Crippen LogP contribution in [0.15, 0.2) is 0 Å². The maximum absolute atomic E-state index is 12.6. The Morgan fingerprint density at radius 2 is 2.10 bits per heavy atom. The van der Waals surface area contributed by atoms with Crippen LogP contribution in [-0.4, -0.2) is 54.0 Å². The molecule has 2 atom stereocenters. The van der Waals surface area contributed by atoms with Crippen LogP contribution < -0.4 is 5.73 Å². The van der Waals surface area contributed by atoms with E-state index in [-0.39, 0.29) is 11.9 Å². The fourth-order valence-electron chi connectivity index (χ4n) is 3.59. The lowest BCUT2D eigenvalue weighted by Crippen LogP contribution is -2.54. The van der Waals surface area contributed by atoms with Gasteiger partial charge >= 0.3 is 0 Å². The molecule has 5 heteroatoms. The average Bonchev–Trinajstić information content (AvgIpc) is 2.50. The summed E-state index contributed by atoms with van der Waals surface area (Å²) in [4.78, 5) is 16.5. The van der Waals surface area contributed by atoms with E-state index in [1.165, 1.54) is 6.42 Å². The van der Waals surface area contributed by atoms with Crippen molar-refractivity contribution in [2.45, 2.75) is 57.0 Å². The van der Waals surface area contributed by atoms with Gasteiger partial charge in [0.25, 0.3) is 0 Å². The largest absolute Gasteiger partial charge is 0.327 e. The number of hydrogen-bond donors (Lipinski definition) is 1. The summed E-state index contributed by atoms with van der Waals surface area (Å²) < 4.78 is 0. The van der Waals surface area contributed by atoms with Crippen LogP contribution in [0.5, 0.6) is 0 Å². The molecule has 0 bridgehead atoms. The number of likely N-dealkylation sites (tertiary alicyclic amines) is 1. The summed E-state index contributed by atoms with van der Waals surface area (Å²) in [7, 11) is 1.80. The van der Waals surface area contributed by atoms with Gasteiger partial charge in [0.2, 0.25) is 5.91 Å². The molecule has 0 aromatic rings. The minimum atomic E-state index is -0.576. The lowest BCUT2D eigenvalue weighted by atomic mass is 9.81. The number of rotatable bonds is 3. The summed E-state index contributed by atoms with van der Waals surface area (Å²) in [6.07, 6.45) is 5.83. The van der Waals surface area contributed by atoms with Crippen LogP contribution in [0.25, 0.3) is 0 Å². The number of carbonyl (C=O) groups excluding carboxylic acids is 1. The van der Waals surface area contributed by atoms with E-state index in [2.05, 4.69) is 17.9 Å². The Balaban J connectivity index is 1.94. The average molecular weight is 292 g/mol. The third-order valence-electron chi connectivity index (χ3n) is 5.32. The topological polar surface area (TPSA) is 73.4 Å². The Hall–Kier alpha value is -1.12. The van der Waals surface area contributed by atoms with E-state index in [0.717, 1.165) is 45.2 Å². The van der Waals surface area contributed by atoms with E-state index in [0.29, 0.717) is 12.5 Å².